The number of nitro groups is 1. The Morgan fingerprint density at radius 2 is 1.86 bits per heavy atom. The van der Waals surface area contributed by atoms with E-state index in [2.05, 4.69) is 0 Å². The van der Waals surface area contributed by atoms with Crippen molar-refractivity contribution in [1.82, 2.24) is 4.90 Å². The van der Waals surface area contributed by atoms with Gasteiger partial charge in [-0.15, -0.1) is 0 Å². The first-order valence-electron chi connectivity index (χ1n) is 9.23. The second-order valence-electron chi connectivity index (χ2n) is 7.91. The number of amides is 1. The first-order valence-corrected chi connectivity index (χ1v) is 9.23. The predicted molar refractivity (Wildman–Crippen MR) is 106 cm³/mol. The average molecular weight is 400 g/mol. The van der Waals surface area contributed by atoms with E-state index in [0.717, 1.165) is 11.1 Å². The largest absolute Gasteiger partial charge is 0.454 e. The van der Waals surface area contributed by atoms with Crippen LogP contribution < -0.4 is 9.47 Å². The molecule has 0 radical (unpaired) electrons. The fraction of sp³-hybridized carbons (Fsp3) is 0.381. The first-order chi connectivity index (χ1) is 13.6. The van der Waals surface area contributed by atoms with Crippen molar-refractivity contribution in [2.45, 2.75) is 46.4 Å². The quantitative estimate of drug-likeness (QED) is 0.539. The third-order valence-electron chi connectivity index (χ3n) is 4.26. The predicted octanol–water partition coefficient (Wildman–Crippen LogP) is 4.57. The van der Waals surface area contributed by atoms with Gasteiger partial charge in [0, 0.05) is 18.2 Å². The summed E-state index contributed by atoms with van der Waals surface area (Å²) < 4.78 is 16.2. The Labute approximate surface area is 169 Å². The molecule has 0 N–H and O–H groups in total. The van der Waals surface area contributed by atoms with E-state index in [1.165, 1.54) is 11.0 Å². The molecule has 2 aromatic rings. The van der Waals surface area contributed by atoms with Crippen LogP contribution in [0.3, 0.4) is 0 Å². The van der Waals surface area contributed by atoms with Crippen LogP contribution >= 0.6 is 0 Å². The van der Waals surface area contributed by atoms with Gasteiger partial charge in [-0.1, -0.05) is 18.2 Å². The molecule has 0 aromatic heterocycles. The van der Waals surface area contributed by atoms with Crippen molar-refractivity contribution in [2.75, 3.05) is 6.79 Å². The number of aryl methyl sites for hydroxylation is 1. The lowest BCUT2D eigenvalue weighted by Crippen LogP contribution is -2.36. The zero-order valence-electron chi connectivity index (χ0n) is 16.9. The molecule has 1 heterocycles. The summed E-state index contributed by atoms with van der Waals surface area (Å²) in [5.74, 6) is 1.25. The molecule has 8 heteroatoms. The maximum Gasteiger partial charge on any atom is 0.410 e. The molecule has 1 aliphatic heterocycles. The highest BCUT2D eigenvalue weighted by Gasteiger charge is 2.26. The van der Waals surface area contributed by atoms with E-state index in [-0.39, 0.29) is 25.6 Å². The maximum absolute atomic E-state index is 12.8. The fourth-order valence-electron chi connectivity index (χ4n) is 2.95. The Morgan fingerprint density at radius 3 is 2.55 bits per heavy atom. The number of nitro benzene ring substituents is 1. The molecule has 0 fully saturated rings. The Hall–Kier alpha value is -3.29. The van der Waals surface area contributed by atoms with Gasteiger partial charge in [0.2, 0.25) is 6.79 Å². The van der Waals surface area contributed by atoms with Crippen molar-refractivity contribution in [1.29, 1.82) is 0 Å². The van der Waals surface area contributed by atoms with Crippen molar-refractivity contribution in [3.05, 3.63) is 63.2 Å². The lowest BCUT2D eigenvalue weighted by atomic mass is 10.1. The zero-order chi connectivity index (χ0) is 21.2. The summed E-state index contributed by atoms with van der Waals surface area (Å²) in [6, 6.07) is 10.4. The molecule has 0 bridgehead atoms. The van der Waals surface area contributed by atoms with E-state index in [4.69, 9.17) is 14.2 Å². The van der Waals surface area contributed by atoms with E-state index >= 15 is 0 Å². The zero-order valence-corrected chi connectivity index (χ0v) is 16.9. The lowest BCUT2D eigenvalue weighted by Gasteiger charge is -2.27. The molecule has 1 amide bonds. The van der Waals surface area contributed by atoms with Crippen molar-refractivity contribution >= 4 is 11.8 Å². The summed E-state index contributed by atoms with van der Waals surface area (Å²) >= 11 is 0. The molecule has 0 saturated carbocycles. The summed E-state index contributed by atoms with van der Waals surface area (Å²) in [6.45, 7) is 7.52. The van der Waals surface area contributed by atoms with Gasteiger partial charge in [0.1, 0.15) is 5.60 Å². The van der Waals surface area contributed by atoms with Gasteiger partial charge in [-0.3, -0.25) is 15.0 Å². The van der Waals surface area contributed by atoms with E-state index < -0.39 is 16.6 Å². The van der Waals surface area contributed by atoms with Crippen LogP contribution in [0.1, 0.15) is 37.5 Å². The number of hydrogen-bond acceptors (Lipinski definition) is 6. The van der Waals surface area contributed by atoms with Crippen LogP contribution in [0.2, 0.25) is 0 Å². The summed E-state index contributed by atoms with van der Waals surface area (Å²) in [5, 5.41) is 11.5. The van der Waals surface area contributed by atoms with Gasteiger partial charge in [-0.05, 0) is 51.0 Å². The summed E-state index contributed by atoms with van der Waals surface area (Å²) in [6.07, 6.45) is -0.551. The van der Waals surface area contributed by atoms with Gasteiger partial charge in [0.05, 0.1) is 11.5 Å². The smallest absolute Gasteiger partial charge is 0.410 e. The minimum atomic E-state index is -0.691. The molecule has 154 valence electrons. The highest BCUT2D eigenvalue weighted by Crippen LogP contribution is 2.33. The molecular weight excluding hydrogens is 376 g/mol. The lowest BCUT2D eigenvalue weighted by molar-refractivity contribution is -0.385. The molecule has 0 aliphatic carbocycles. The second-order valence-corrected chi connectivity index (χ2v) is 7.91. The number of benzene rings is 2. The van der Waals surface area contributed by atoms with Gasteiger partial charge in [0.15, 0.2) is 11.5 Å². The van der Waals surface area contributed by atoms with Crippen molar-refractivity contribution < 1.29 is 23.9 Å². The van der Waals surface area contributed by atoms with Gasteiger partial charge < -0.3 is 14.2 Å². The van der Waals surface area contributed by atoms with Crippen LogP contribution in [0.25, 0.3) is 0 Å². The van der Waals surface area contributed by atoms with Crippen LogP contribution in [-0.4, -0.2) is 28.3 Å². The average Bonchev–Trinajstić information content (AvgIpc) is 3.08. The number of fused-ring (bicyclic) bond motifs is 1. The first kappa shape index (κ1) is 20.4. The molecule has 8 nitrogen and oxygen atoms in total. The monoisotopic (exact) mass is 400 g/mol. The van der Waals surface area contributed by atoms with Crippen molar-refractivity contribution in [3.8, 4) is 11.5 Å². The number of ether oxygens (including phenoxy) is 3. The van der Waals surface area contributed by atoms with E-state index in [1.54, 1.807) is 52.0 Å². The minimum absolute atomic E-state index is 0.0238. The van der Waals surface area contributed by atoms with Gasteiger partial charge in [-0.2, -0.15) is 0 Å². The standard InChI is InChI=1S/C21H24N2O6/c1-14-5-7-16(17(9-14)23(25)26)12-22(20(24)29-21(2,3)4)11-15-6-8-18-19(10-15)28-13-27-18/h5-10H,11-13H2,1-4H3. The number of nitrogens with zero attached hydrogens (tertiary/aromatic N) is 2. The SMILES string of the molecule is Cc1ccc(CN(Cc2ccc3c(c2)OCO3)C(=O)OC(C)(C)C)c([N+](=O)[O-])c1. The minimum Gasteiger partial charge on any atom is -0.454 e. The van der Waals surface area contributed by atoms with Crippen LogP contribution in [0.15, 0.2) is 36.4 Å². The van der Waals surface area contributed by atoms with Crippen LogP contribution in [0, 0.1) is 17.0 Å². The van der Waals surface area contributed by atoms with Gasteiger partial charge >= 0.3 is 6.09 Å². The fourth-order valence-corrected chi connectivity index (χ4v) is 2.95. The van der Waals surface area contributed by atoms with Gasteiger partial charge in [0.25, 0.3) is 5.69 Å². The van der Waals surface area contributed by atoms with E-state index in [0.29, 0.717) is 17.1 Å². The Balaban J connectivity index is 1.89. The highest BCUT2D eigenvalue weighted by molar-refractivity contribution is 5.68. The third-order valence-corrected chi connectivity index (χ3v) is 4.26. The van der Waals surface area contributed by atoms with Crippen molar-refractivity contribution in [3.63, 3.8) is 0 Å². The second kappa shape index (κ2) is 7.98. The molecule has 0 saturated heterocycles. The summed E-state index contributed by atoms with van der Waals surface area (Å²) in [5.41, 5.74) is 1.30. The maximum atomic E-state index is 12.8. The molecule has 29 heavy (non-hydrogen) atoms. The molecule has 3 rings (SSSR count). The number of carbonyl (C=O) groups excluding carboxylic acids is 1. The molecule has 1 aliphatic rings. The van der Waals surface area contributed by atoms with E-state index in [9.17, 15) is 14.9 Å². The topological polar surface area (TPSA) is 91.1 Å². The number of rotatable bonds is 5. The van der Waals surface area contributed by atoms with Crippen LogP contribution in [0.5, 0.6) is 11.5 Å². The molecular formula is C21H24N2O6. The Bertz CT molecular complexity index is 935. The van der Waals surface area contributed by atoms with E-state index in [1.807, 2.05) is 6.07 Å². The van der Waals surface area contributed by atoms with Crippen LogP contribution in [-0.2, 0) is 17.8 Å². The summed E-state index contributed by atoms with van der Waals surface area (Å²) in [4.78, 5) is 25.3. The Kier molecular flexibility index (Phi) is 5.63. The van der Waals surface area contributed by atoms with Crippen LogP contribution in [0.4, 0.5) is 10.5 Å². The normalized spacial score (nSPS) is 12.6. The van der Waals surface area contributed by atoms with Gasteiger partial charge in [-0.25, -0.2) is 4.79 Å². The summed E-state index contributed by atoms with van der Waals surface area (Å²) in [7, 11) is 0. The molecule has 0 spiro atoms. The molecule has 0 unspecified atom stereocenters. The molecule has 0 atom stereocenters. The van der Waals surface area contributed by atoms with Crippen molar-refractivity contribution in [2.24, 2.45) is 0 Å². The highest BCUT2D eigenvalue weighted by atomic mass is 16.7. The third kappa shape index (κ3) is 5.16. The number of hydrogen-bond donors (Lipinski definition) is 0. The Morgan fingerprint density at radius 1 is 1.14 bits per heavy atom. The molecule has 2 aromatic carbocycles. The number of carbonyl (C=O) groups is 1.